The molecular formula is C14H17ClN2O2S. The minimum Gasteiger partial charge on any atom is -0.504 e. The van der Waals surface area contributed by atoms with Gasteiger partial charge in [0.1, 0.15) is 0 Å². The largest absolute Gasteiger partial charge is 0.504 e. The summed E-state index contributed by atoms with van der Waals surface area (Å²) in [6, 6.07) is 3.33. The number of hydrogen-bond acceptors (Lipinski definition) is 5. The number of nitrogens with one attached hydrogen (secondary N) is 1. The van der Waals surface area contributed by atoms with Crippen molar-refractivity contribution in [2.45, 2.75) is 19.4 Å². The van der Waals surface area contributed by atoms with E-state index in [0.717, 1.165) is 17.1 Å². The third-order valence-corrected chi connectivity index (χ3v) is 4.20. The van der Waals surface area contributed by atoms with Crippen molar-refractivity contribution in [3.8, 4) is 11.5 Å². The van der Waals surface area contributed by atoms with Gasteiger partial charge in [-0.2, -0.15) is 0 Å². The molecule has 20 heavy (non-hydrogen) atoms. The molecule has 0 aliphatic carbocycles. The Kier molecular flexibility index (Phi) is 5.23. The summed E-state index contributed by atoms with van der Waals surface area (Å²) in [5.74, 6) is 0.854. The molecule has 1 aromatic carbocycles. The Balaban J connectivity index is 1.96. The minimum atomic E-state index is 0.131. The summed E-state index contributed by atoms with van der Waals surface area (Å²) in [4.78, 5) is 4.29. The summed E-state index contributed by atoms with van der Waals surface area (Å²) in [6.07, 6.45) is 1.81. The van der Waals surface area contributed by atoms with E-state index in [1.807, 2.05) is 11.6 Å². The van der Waals surface area contributed by atoms with Crippen LogP contribution < -0.4 is 10.1 Å². The van der Waals surface area contributed by atoms with Crippen LogP contribution in [0.25, 0.3) is 0 Å². The quantitative estimate of drug-likeness (QED) is 0.858. The van der Waals surface area contributed by atoms with Crippen LogP contribution in [0.2, 0.25) is 5.02 Å². The van der Waals surface area contributed by atoms with E-state index in [2.05, 4.69) is 17.2 Å². The van der Waals surface area contributed by atoms with Gasteiger partial charge in [-0.1, -0.05) is 18.5 Å². The molecule has 6 heteroatoms. The van der Waals surface area contributed by atoms with Crippen LogP contribution >= 0.6 is 22.9 Å². The first-order valence-corrected chi connectivity index (χ1v) is 7.53. The molecule has 1 unspecified atom stereocenters. The van der Waals surface area contributed by atoms with E-state index in [-0.39, 0.29) is 5.75 Å². The number of methoxy groups -OCH3 is 1. The smallest absolute Gasteiger partial charge is 0.162 e. The third kappa shape index (κ3) is 3.62. The molecule has 0 saturated carbocycles. The number of thiazole rings is 1. The van der Waals surface area contributed by atoms with Crippen LogP contribution in [0.5, 0.6) is 11.5 Å². The first-order chi connectivity index (χ1) is 9.61. The zero-order valence-electron chi connectivity index (χ0n) is 11.4. The zero-order valence-corrected chi connectivity index (χ0v) is 13.0. The Labute approximate surface area is 127 Å². The molecular weight excluding hydrogens is 296 g/mol. The lowest BCUT2D eigenvalue weighted by Gasteiger charge is -2.13. The van der Waals surface area contributed by atoms with Gasteiger partial charge in [0.2, 0.25) is 0 Å². The first-order valence-electron chi connectivity index (χ1n) is 6.27. The average molecular weight is 313 g/mol. The zero-order chi connectivity index (χ0) is 14.5. The number of aromatic nitrogens is 1. The lowest BCUT2D eigenvalue weighted by Crippen LogP contribution is -2.19. The number of halogens is 1. The lowest BCUT2D eigenvalue weighted by atomic mass is 10.1. The lowest BCUT2D eigenvalue weighted by molar-refractivity contribution is 0.369. The topological polar surface area (TPSA) is 54.4 Å². The SMILES string of the molecule is COc1cc(Cl)cc(CNCC(C)c2nccs2)c1O. The van der Waals surface area contributed by atoms with Crippen LogP contribution in [0.3, 0.4) is 0 Å². The molecule has 0 saturated heterocycles. The molecule has 0 aliphatic heterocycles. The molecule has 1 heterocycles. The van der Waals surface area contributed by atoms with Crippen LogP contribution in [0.1, 0.15) is 23.4 Å². The van der Waals surface area contributed by atoms with Gasteiger partial charge in [0.15, 0.2) is 11.5 Å². The fourth-order valence-electron chi connectivity index (χ4n) is 1.91. The highest BCUT2D eigenvalue weighted by Crippen LogP contribution is 2.33. The molecule has 2 aromatic rings. The number of phenolic OH excluding ortho intramolecular Hbond substituents is 1. The number of rotatable bonds is 6. The molecule has 0 amide bonds. The molecule has 108 valence electrons. The second-order valence-electron chi connectivity index (χ2n) is 4.52. The second-order valence-corrected chi connectivity index (χ2v) is 5.88. The summed E-state index contributed by atoms with van der Waals surface area (Å²) >= 11 is 7.64. The number of aromatic hydroxyl groups is 1. The highest BCUT2D eigenvalue weighted by molar-refractivity contribution is 7.09. The summed E-state index contributed by atoms with van der Waals surface area (Å²) < 4.78 is 5.08. The Morgan fingerprint density at radius 2 is 2.30 bits per heavy atom. The predicted octanol–water partition coefficient (Wildman–Crippen LogP) is 3.40. The third-order valence-electron chi connectivity index (χ3n) is 2.98. The molecule has 0 radical (unpaired) electrons. The minimum absolute atomic E-state index is 0.131. The van der Waals surface area contributed by atoms with Crippen LogP contribution in [0.15, 0.2) is 23.7 Å². The van der Waals surface area contributed by atoms with Gasteiger partial charge in [-0.3, -0.25) is 0 Å². The van der Waals surface area contributed by atoms with Crippen molar-refractivity contribution in [3.63, 3.8) is 0 Å². The summed E-state index contributed by atoms with van der Waals surface area (Å²) in [5.41, 5.74) is 0.723. The van der Waals surface area contributed by atoms with E-state index >= 15 is 0 Å². The van der Waals surface area contributed by atoms with Gasteiger partial charge >= 0.3 is 0 Å². The maximum atomic E-state index is 10.0. The standard InChI is InChI=1S/C14H17ClN2O2S/c1-9(14-17-3-4-20-14)7-16-8-10-5-11(15)6-12(19-2)13(10)18/h3-6,9,16,18H,7-8H2,1-2H3. The van der Waals surface area contributed by atoms with E-state index in [0.29, 0.717) is 23.2 Å². The van der Waals surface area contributed by atoms with Gasteiger partial charge in [0.05, 0.1) is 12.1 Å². The Morgan fingerprint density at radius 1 is 1.50 bits per heavy atom. The van der Waals surface area contributed by atoms with E-state index in [1.54, 1.807) is 23.5 Å². The molecule has 0 bridgehead atoms. The normalized spacial score (nSPS) is 12.3. The Bertz CT molecular complexity index is 561. The first kappa shape index (κ1) is 15.1. The number of nitrogens with zero attached hydrogens (tertiary/aromatic N) is 1. The summed E-state index contributed by atoms with van der Waals surface area (Å²) in [7, 11) is 1.51. The fourth-order valence-corrected chi connectivity index (χ4v) is 2.84. The van der Waals surface area contributed by atoms with Crippen molar-refractivity contribution in [1.29, 1.82) is 0 Å². The molecule has 2 rings (SSSR count). The van der Waals surface area contributed by atoms with Gasteiger partial charge in [-0.25, -0.2) is 4.98 Å². The predicted molar refractivity (Wildman–Crippen MR) is 81.9 cm³/mol. The van der Waals surface area contributed by atoms with Crippen molar-refractivity contribution in [2.75, 3.05) is 13.7 Å². The molecule has 1 aromatic heterocycles. The van der Waals surface area contributed by atoms with E-state index in [1.165, 1.54) is 7.11 Å². The summed E-state index contributed by atoms with van der Waals surface area (Å²) in [5, 5.41) is 16.9. The summed E-state index contributed by atoms with van der Waals surface area (Å²) in [6.45, 7) is 3.42. The molecule has 2 N–H and O–H groups in total. The van der Waals surface area contributed by atoms with Gasteiger partial charge in [-0.05, 0) is 6.07 Å². The maximum Gasteiger partial charge on any atom is 0.162 e. The molecule has 0 spiro atoms. The number of phenols is 1. The van der Waals surface area contributed by atoms with E-state index < -0.39 is 0 Å². The van der Waals surface area contributed by atoms with Crippen LogP contribution in [0.4, 0.5) is 0 Å². The highest BCUT2D eigenvalue weighted by atomic mass is 35.5. The Morgan fingerprint density at radius 3 is 2.95 bits per heavy atom. The number of benzene rings is 1. The van der Waals surface area contributed by atoms with Crippen molar-refractivity contribution >= 4 is 22.9 Å². The maximum absolute atomic E-state index is 10.0. The van der Waals surface area contributed by atoms with Gasteiger partial charge in [0, 0.05) is 47.2 Å². The van der Waals surface area contributed by atoms with Crippen molar-refractivity contribution < 1.29 is 9.84 Å². The average Bonchev–Trinajstić information content (AvgIpc) is 2.96. The van der Waals surface area contributed by atoms with Crippen LogP contribution in [-0.2, 0) is 6.54 Å². The van der Waals surface area contributed by atoms with Crippen molar-refractivity contribution in [2.24, 2.45) is 0 Å². The second kappa shape index (κ2) is 6.92. The Hall–Kier alpha value is -1.30. The number of ether oxygens (including phenoxy) is 1. The molecule has 4 nitrogen and oxygen atoms in total. The van der Waals surface area contributed by atoms with Gasteiger partial charge in [-0.15, -0.1) is 11.3 Å². The van der Waals surface area contributed by atoms with Crippen molar-refractivity contribution in [1.82, 2.24) is 10.3 Å². The van der Waals surface area contributed by atoms with E-state index in [4.69, 9.17) is 16.3 Å². The molecule has 1 atom stereocenters. The van der Waals surface area contributed by atoms with E-state index in [9.17, 15) is 5.11 Å². The molecule has 0 fully saturated rings. The van der Waals surface area contributed by atoms with Crippen LogP contribution in [0, 0.1) is 0 Å². The van der Waals surface area contributed by atoms with Crippen LogP contribution in [-0.4, -0.2) is 23.7 Å². The highest BCUT2D eigenvalue weighted by Gasteiger charge is 2.11. The fraction of sp³-hybridized carbons (Fsp3) is 0.357. The number of hydrogen-bond donors (Lipinski definition) is 2. The monoisotopic (exact) mass is 312 g/mol. The van der Waals surface area contributed by atoms with Gasteiger partial charge in [0.25, 0.3) is 0 Å². The van der Waals surface area contributed by atoms with Crippen molar-refractivity contribution in [3.05, 3.63) is 39.3 Å². The van der Waals surface area contributed by atoms with Gasteiger partial charge < -0.3 is 15.2 Å². The molecule has 0 aliphatic rings.